The smallest absolute Gasteiger partial charge is 0.138 e. The van der Waals surface area contributed by atoms with Gasteiger partial charge in [-0.2, -0.15) is 0 Å². The molecule has 1 N–H and O–H groups in total. The van der Waals surface area contributed by atoms with E-state index in [9.17, 15) is 4.39 Å². The third-order valence-corrected chi connectivity index (χ3v) is 3.52. The predicted octanol–water partition coefficient (Wildman–Crippen LogP) is 4.65. The number of hydrogen-bond donors (Lipinski definition) is 1. The highest BCUT2D eigenvalue weighted by molar-refractivity contribution is 6.32. The molecule has 0 aromatic heterocycles. The average molecular weight is 308 g/mol. The van der Waals surface area contributed by atoms with E-state index in [0.29, 0.717) is 28.9 Å². The van der Waals surface area contributed by atoms with E-state index >= 15 is 0 Å². The Morgan fingerprint density at radius 3 is 2.62 bits per heavy atom. The number of hydrogen-bond acceptors (Lipinski definition) is 2. The van der Waals surface area contributed by atoms with Crippen LogP contribution < -0.4 is 10.1 Å². The fourth-order valence-corrected chi connectivity index (χ4v) is 2.25. The summed E-state index contributed by atoms with van der Waals surface area (Å²) in [6, 6.07) is 10.8. The van der Waals surface area contributed by atoms with Crippen LogP contribution in [-0.2, 0) is 6.54 Å². The van der Waals surface area contributed by atoms with Crippen molar-refractivity contribution in [3.05, 3.63) is 52.8 Å². The Bertz CT molecular complexity index is 628. The number of ether oxygens (including phenoxy) is 1. The van der Waals surface area contributed by atoms with Gasteiger partial charge in [0.05, 0.1) is 12.1 Å². The van der Waals surface area contributed by atoms with Gasteiger partial charge >= 0.3 is 0 Å². The predicted molar refractivity (Wildman–Crippen MR) is 85.4 cm³/mol. The van der Waals surface area contributed by atoms with Crippen LogP contribution in [0.2, 0.25) is 5.02 Å². The molecule has 0 unspecified atom stereocenters. The Labute approximate surface area is 129 Å². The molecular formula is C17H19ClFNO. The van der Waals surface area contributed by atoms with Gasteiger partial charge in [-0.1, -0.05) is 37.6 Å². The van der Waals surface area contributed by atoms with Gasteiger partial charge in [-0.05, 0) is 35.4 Å². The molecule has 0 heterocycles. The van der Waals surface area contributed by atoms with Gasteiger partial charge in [-0.25, -0.2) is 4.39 Å². The zero-order valence-corrected chi connectivity index (χ0v) is 13.2. The summed E-state index contributed by atoms with van der Waals surface area (Å²) < 4.78 is 19.3. The second-order valence-corrected chi connectivity index (χ2v) is 5.61. The third kappa shape index (κ3) is 3.96. The van der Waals surface area contributed by atoms with Crippen molar-refractivity contribution >= 4 is 11.6 Å². The SMILES string of the molecule is COc1cc(-c2cc(CNC(C)C)ccc2F)ccc1Cl. The first-order valence-electron chi connectivity index (χ1n) is 6.87. The molecule has 0 radical (unpaired) electrons. The van der Waals surface area contributed by atoms with Crippen molar-refractivity contribution < 1.29 is 9.13 Å². The van der Waals surface area contributed by atoms with Crippen LogP contribution in [0, 0.1) is 5.82 Å². The van der Waals surface area contributed by atoms with Crippen LogP contribution in [0.15, 0.2) is 36.4 Å². The van der Waals surface area contributed by atoms with Gasteiger partial charge in [0.25, 0.3) is 0 Å². The Kier molecular flexibility index (Phi) is 5.21. The molecule has 0 aliphatic rings. The number of benzene rings is 2. The second kappa shape index (κ2) is 6.92. The number of nitrogens with one attached hydrogen (secondary N) is 1. The normalized spacial score (nSPS) is 11.0. The molecule has 0 aliphatic carbocycles. The van der Waals surface area contributed by atoms with Gasteiger partial charge < -0.3 is 10.1 Å². The summed E-state index contributed by atoms with van der Waals surface area (Å²) in [5.41, 5.74) is 2.34. The first-order chi connectivity index (χ1) is 10.0. The lowest BCUT2D eigenvalue weighted by molar-refractivity contribution is 0.415. The van der Waals surface area contributed by atoms with Crippen molar-refractivity contribution in [1.82, 2.24) is 5.32 Å². The Morgan fingerprint density at radius 2 is 1.95 bits per heavy atom. The van der Waals surface area contributed by atoms with Crippen LogP contribution in [0.4, 0.5) is 4.39 Å². The Morgan fingerprint density at radius 1 is 1.19 bits per heavy atom. The highest BCUT2D eigenvalue weighted by Gasteiger charge is 2.09. The summed E-state index contributed by atoms with van der Waals surface area (Å²) in [5, 5.41) is 3.84. The van der Waals surface area contributed by atoms with Gasteiger partial charge in [0.1, 0.15) is 11.6 Å². The molecule has 0 bridgehead atoms. The largest absolute Gasteiger partial charge is 0.495 e. The van der Waals surface area contributed by atoms with Crippen LogP contribution >= 0.6 is 11.6 Å². The third-order valence-electron chi connectivity index (χ3n) is 3.21. The van der Waals surface area contributed by atoms with Crippen LogP contribution in [0.5, 0.6) is 5.75 Å². The second-order valence-electron chi connectivity index (χ2n) is 5.20. The standard InChI is InChI=1S/C17H19ClFNO/c1-11(2)20-10-12-4-7-16(19)14(8-12)13-5-6-15(18)17(9-13)21-3/h4-9,11,20H,10H2,1-3H3. The number of rotatable bonds is 5. The van der Waals surface area contributed by atoms with Gasteiger partial charge in [-0.3, -0.25) is 0 Å². The summed E-state index contributed by atoms with van der Waals surface area (Å²) in [5.74, 6) is 0.284. The summed E-state index contributed by atoms with van der Waals surface area (Å²) in [6.45, 7) is 4.86. The first kappa shape index (κ1) is 15.8. The molecule has 0 saturated carbocycles. The molecule has 0 amide bonds. The van der Waals surface area contributed by atoms with Gasteiger partial charge in [0.15, 0.2) is 0 Å². The fraction of sp³-hybridized carbons (Fsp3) is 0.294. The highest BCUT2D eigenvalue weighted by Crippen LogP contribution is 2.32. The van der Waals surface area contributed by atoms with Crippen molar-refractivity contribution in [2.75, 3.05) is 7.11 Å². The van der Waals surface area contributed by atoms with Crippen LogP contribution in [0.25, 0.3) is 11.1 Å². The summed E-state index contributed by atoms with van der Waals surface area (Å²) in [7, 11) is 1.55. The van der Waals surface area contributed by atoms with Crippen LogP contribution in [0.3, 0.4) is 0 Å². The van der Waals surface area contributed by atoms with E-state index in [0.717, 1.165) is 11.1 Å². The van der Waals surface area contributed by atoms with E-state index in [2.05, 4.69) is 19.2 Å². The van der Waals surface area contributed by atoms with Crippen molar-refractivity contribution in [2.45, 2.75) is 26.4 Å². The molecule has 2 aromatic carbocycles. The zero-order chi connectivity index (χ0) is 15.4. The number of methoxy groups -OCH3 is 1. The maximum atomic E-state index is 14.1. The lowest BCUT2D eigenvalue weighted by Gasteiger charge is -2.11. The lowest BCUT2D eigenvalue weighted by atomic mass is 10.0. The maximum absolute atomic E-state index is 14.1. The van der Waals surface area contributed by atoms with Crippen LogP contribution in [0.1, 0.15) is 19.4 Å². The molecule has 0 aliphatic heterocycles. The van der Waals surface area contributed by atoms with Gasteiger partial charge in [-0.15, -0.1) is 0 Å². The molecule has 0 spiro atoms. The average Bonchev–Trinajstić information content (AvgIpc) is 2.47. The molecule has 0 fully saturated rings. The zero-order valence-electron chi connectivity index (χ0n) is 12.4. The first-order valence-corrected chi connectivity index (χ1v) is 7.24. The summed E-state index contributed by atoms with van der Waals surface area (Å²) in [4.78, 5) is 0. The highest BCUT2D eigenvalue weighted by atomic mass is 35.5. The van der Waals surface area contributed by atoms with E-state index in [1.165, 1.54) is 6.07 Å². The molecular weight excluding hydrogens is 289 g/mol. The van der Waals surface area contributed by atoms with Crippen LogP contribution in [-0.4, -0.2) is 13.2 Å². The van der Waals surface area contributed by atoms with E-state index < -0.39 is 0 Å². The minimum absolute atomic E-state index is 0.257. The van der Waals surface area contributed by atoms with Gasteiger partial charge in [0, 0.05) is 18.2 Å². The monoisotopic (exact) mass is 307 g/mol. The van der Waals surface area contributed by atoms with Crippen molar-refractivity contribution in [3.8, 4) is 16.9 Å². The molecule has 2 nitrogen and oxygen atoms in total. The molecule has 2 aromatic rings. The Balaban J connectivity index is 2.36. The van der Waals surface area contributed by atoms with E-state index in [1.54, 1.807) is 31.4 Å². The van der Waals surface area contributed by atoms with Crippen molar-refractivity contribution in [2.24, 2.45) is 0 Å². The van der Waals surface area contributed by atoms with E-state index in [4.69, 9.17) is 16.3 Å². The summed E-state index contributed by atoms with van der Waals surface area (Å²) >= 11 is 6.01. The van der Waals surface area contributed by atoms with E-state index in [1.807, 2.05) is 6.07 Å². The molecule has 0 atom stereocenters. The molecule has 112 valence electrons. The molecule has 4 heteroatoms. The van der Waals surface area contributed by atoms with Crippen molar-refractivity contribution in [1.29, 1.82) is 0 Å². The topological polar surface area (TPSA) is 21.3 Å². The van der Waals surface area contributed by atoms with E-state index in [-0.39, 0.29) is 5.82 Å². The fourth-order valence-electron chi connectivity index (χ4n) is 2.05. The molecule has 2 rings (SSSR count). The quantitative estimate of drug-likeness (QED) is 0.868. The number of halogens is 2. The van der Waals surface area contributed by atoms with Crippen molar-refractivity contribution in [3.63, 3.8) is 0 Å². The molecule has 21 heavy (non-hydrogen) atoms. The van der Waals surface area contributed by atoms with Gasteiger partial charge in [0.2, 0.25) is 0 Å². The summed E-state index contributed by atoms with van der Waals surface area (Å²) in [6.07, 6.45) is 0. The Hall–Kier alpha value is -1.58. The maximum Gasteiger partial charge on any atom is 0.138 e. The minimum atomic E-state index is -0.257. The molecule has 0 saturated heterocycles. The minimum Gasteiger partial charge on any atom is -0.495 e. The lowest BCUT2D eigenvalue weighted by Crippen LogP contribution is -2.21.